The van der Waals surface area contributed by atoms with Gasteiger partial charge in [-0.1, -0.05) is 48.5 Å². The Morgan fingerprint density at radius 3 is 2.19 bits per heavy atom. The van der Waals surface area contributed by atoms with E-state index in [1.54, 1.807) is 18.2 Å². The molecular weight excluding hydrogens is 334 g/mol. The van der Waals surface area contributed by atoms with E-state index < -0.39 is 0 Å². The number of benzene rings is 3. The fraction of sp³-hybridized carbons (Fsp3) is 0.0417. The number of aromatic nitrogens is 1. The lowest BCUT2D eigenvalue weighted by atomic mass is 9.96. The molecule has 0 bridgehead atoms. The molecule has 0 saturated carbocycles. The molecule has 3 heteroatoms. The van der Waals surface area contributed by atoms with Crippen molar-refractivity contribution in [3.8, 4) is 45.1 Å². The third-order valence-corrected chi connectivity index (χ3v) is 5.12. The summed E-state index contributed by atoms with van der Waals surface area (Å²) in [5, 5.41) is 20.0. The molecular formula is C24H17NO2. The fourth-order valence-corrected chi connectivity index (χ4v) is 3.80. The first kappa shape index (κ1) is 15.6. The molecule has 0 radical (unpaired) electrons. The molecule has 0 aliphatic heterocycles. The van der Waals surface area contributed by atoms with Crippen LogP contribution in [0.1, 0.15) is 11.1 Å². The Kier molecular flexibility index (Phi) is 3.47. The molecule has 0 amide bonds. The van der Waals surface area contributed by atoms with Crippen LogP contribution in [0.4, 0.5) is 0 Å². The Hall–Kier alpha value is -3.59. The Labute approximate surface area is 157 Å². The van der Waals surface area contributed by atoms with Crippen LogP contribution >= 0.6 is 0 Å². The van der Waals surface area contributed by atoms with Gasteiger partial charge in [0.1, 0.15) is 11.5 Å². The quantitative estimate of drug-likeness (QED) is 0.448. The van der Waals surface area contributed by atoms with Crippen LogP contribution in [0.2, 0.25) is 0 Å². The molecule has 130 valence electrons. The molecule has 0 spiro atoms. The summed E-state index contributed by atoms with van der Waals surface area (Å²) in [5.41, 5.74) is 8.11. The minimum Gasteiger partial charge on any atom is -0.508 e. The first-order valence-corrected chi connectivity index (χ1v) is 8.90. The predicted octanol–water partition coefficient (Wildman–Crippen LogP) is 5.40. The zero-order chi connectivity index (χ0) is 18.4. The number of nitrogens with zero attached hydrogens (tertiary/aromatic N) is 1. The molecule has 27 heavy (non-hydrogen) atoms. The highest BCUT2D eigenvalue weighted by Crippen LogP contribution is 2.43. The van der Waals surface area contributed by atoms with Gasteiger partial charge in [-0.25, -0.2) is 4.98 Å². The molecule has 1 heterocycles. The van der Waals surface area contributed by atoms with Gasteiger partial charge in [0.15, 0.2) is 0 Å². The van der Waals surface area contributed by atoms with E-state index in [2.05, 4.69) is 18.2 Å². The molecule has 3 aromatic carbocycles. The maximum atomic E-state index is 10.3. The molecule has 2 N–H and O–H groups in total. The molecule has 3 nitrogen and oxygen atoms in total. The molecule has 4 aromatic rings. The normalized spacial score (nSPS) is 11.9. The number of para-hydroxylation sites is 1. The second-order valence-electron chi connectivity index (χ2n) is 6.78. The van der Waals surface area contributed by atoms with Crippen molar-refractivity contribution in [3.63, 3.8) is 0 Å². The monoisotopic (exact) mass is 351 g/mol. The summed E-state index contributed by atoms with van der Waals surface area (Å²) in [7, 11) is 0. The van der Waals surface area contributed by atoms with Crippen molar-refractivity contribution in [1.82, 2.24) is 4.98 Å². The van der Waals surface area contributed by atoms with Gasteiger partial charge >= 0.3 is 0 Å². The van der Waals surface area contributed by atoms with Crippen molar-refractivity contribution in [2.75, 3.05) is 0 Å². The minimum absolute atomic E-state index is 0.216. The highest BCUT2D eigenvalue weighted by Gasteiger charge is 2.24. The van der Waals surface area contributed by atoms with E-state index >= 15 is 0 Å². The summed E-state index contributed by atoms with van der Waals surface area (Å²) in [6.45, 7) is 0. The number of aromatic hydroxyl groups is 2. The van der Waals surface area contributed by atoms with Gasteiger partial charge in [0.05, 0.1) is 11.4 Å². The van der Waals surface area contributed by atoms with Crippen molar-refractivity contribution in [2.45, 2.75) is 6.42 Å². The Morgan fingerprint density at radius 2 is 1.41 bits per heavy atom. The maximum absolute atomic E-state index is 10.3. The standard InChI is InChI=1S/C24H17NO2/c26-17-11-9-15(10-12-17)20-14-22(19-7-3-4-8-23(19)27)25-24-18-6-2-1-5-16(18)13-21(20)24/h1-12,14,26-27H,13H2. The highest BCUT2D eigenvalue weighted by atomic mass is 16.3. The van der Waals surface area contributed by atoms with Crippen LogP contribution in [-0.4, -0.2) is 15.2 Å². The van der Waals surface area contributed by atoms with Crippen molar-refractivity contribution in [1.29, 1.82) is 0 Å². The minimum atomic E-state index is 0.216. The summed E-state index contributed by atoms with van der Waals surface area (Å²) in [6.07, 6.45) is 0.829. The molecule has 1 aromatic heterocycles. The highest BCUT2D eigenvalue weighted by molar-refractivity contribution is 5.86. The van der Waals surface area contributed by atoms with E-state index in [1.807, 2.05) is 42.5 Å². The molecule has 0 unspecified atom stereocenters. The van der Waals surface area contributed by atoms with E-state index in [0.717, 1.165) is 34.5 Å². The van der Waals surface area contributed by atoms with Crippen LogP contribution in [-0.2, 0) is 6.42 Å². The van der Waals surface area contributed by atoms with Crippen molar-refractivity contribution in [3.05, 3.63) is 90.0 Å². The van der Waals surface area contributed by atoms with Crippen LogP contribution in [0.3, 0.4) is 0 Å². The smallest absolute Gasteiger partial charge is 0.124 e. The molecule has 1 aliphatic rings. The lowest BCUT2D eigenvalue weighted by Crippen LogP contribution is -1.94. The van der Waals surface area contributed by atoms with Gasteiger partial charge in [0.2, 0.25) is 0 Å². The van der Waals surface area contributed by atoms with Crippen molar-refractivity contribution in [2.24, 2.45) is 0 Å². The van der Waals surface area contributed by atoms with Crippen LogP contribution in [0.5, 0.6) is 11.5 Å². The van der Waals surface area contributed by atoms with Crippen molar-refractivity contribution < 1.29 is 10.2 Å². The molecule has 1 aliphatic carbocycles. The summed E-state index contributed by atoms with van der Waals surface area (Å²) < 4.78 is 0. The number of fused-ring (bicyclic) bond motifs is 3. The summed E-state index contributed by atoms with van der Waals surface area (Å²) in [6, 6.07) is 24.9. The third-order valence-electron chi connectivity index (χ3n) is 5.12. The Balaban J connectivity index is 1.80. The fourth-order valence-electron chi connectivity index (χ4n) is 3.80. The van der Waals surface area contributed by atoms with Crippen LogP contribution in [0, 0.1) is 0 Å². The number of phenolic OH excluding ortho intramolecular Hbond substituents is 2. The van der Waals surface area contributed by atoms with Gasteiger partial charge in [0.25, 0.3) is 0 Å². The SMILES string of the molecule is Oc1ccc(-c2cc(-c3ccccc3O)nc3c2Cc2ccccc2-3)cc1. The number of phenols is 2. The molecule has 0 atom stereocenters. The first-order valence-electron chi connectivity index (χ1n) is 8.90. The maximum Gasteiger partial charge on any atom is 0.124 e. The number of hydrogen-bond donors (Lipinski definition) is 2. The summed E-state index contributed by atoms with van der Waals surface area (Å²) in [4.78, 5) is 4.92. The summed E-state index contributed by atoms with van der Waals surface area (Å²) in [5.74, 6) is 0.460. The van der Waals surface area contributed by atoms with E-state index in [-0.39, 0.29) is 11.5 Å². The van der Waals surface area contributed by atoms with E-state index in [1.165, 1.54) is 11.1 Å². The lowest BCUT2D eigenvalue weighted by Gasteiger charge is -2.13. The molecule has 0 saturated heterocycles. The van der Waals surface area contributed by atoms with Gasteiger partial charge in [-0.3, -0.25) is 0 Å². The zero-order valence-corrected chi connectivity index (χ0v) is 14.6. The average molecular weight is 351 g/mol. The van der Waals surface area contributed by atoms with Gasteiger partial charge in [0, 0.05) is 17.5 Å². The average Bonchev–Trinajstić information content (AvgIpc) is 3.07. The van der Waals surface area contributed by atoms with Crippen LogP contribution < -0.4 is 0 Å². The summed E-state index contributed by atoms with van der Waals surface area (Å²) >= 11 is 0. The largest absolute Gasteiger partial charge is 0.508 e. The van der Waals surface area contributed by atoms with Gasteiger partial charge in [-0.05, 0) is 52.6 Å². The van der Waals surface area contributed by atoms with Gasteiger partial charge in [-0.15, -0.1) is 0 Å². The van der Waals surface area contributed by atoms with Crippen LogP contribution in [0.25, 0.3) is 33.6 Å². The van der Waals surface area contributed by atoms with Crippen LogP contribution in [0.15, 0.2) is 78.9 Å². The molecule has 0 fully saturated rings. The second kappa shape index (κ2) is 5.99. The number of hydrogen-bond acceptors (Lipinski definition) is 3. The topological polar surface area (TPSA) is 53.4 Å². The third kappa shape index (κ3) is 2.56. The predicted molar refractivity (Wildman–Crippen MR) is 107 cm³/mol. The van der Waals surface area contributed by atoms with E-state index in [0.29, 0.717) is 5.56 Å². The van der Waals surface area contributed by atoms with E-state index in [4.69, 9.17) is 4.98 Å². The lowest BCUT2D eigenvalue weighted by molar-refractivity contribution is 0.475. The Morgan fingerprint density at radius 1 is 0.704 bits per heavy atom. The Bertz CT molecular complexity index is 1160. The van der Waals surface area contributed by atoms with Gasteiger partial charge in [-0.2, -0.15) is 0 Å². The molecule has 5 rings (SSSR count). The number of pyridine rings is 1. The second-order valence-corrected chi connectivity index (χ2v) is 6.78. The first-order chi connectivity index (χ1) is 13.2. The van der Waals surface area contributed by atoms with Crippen molar-refractivity contribution >= 4 is 0 Å². The zero-order valence-electron chi connectivity index (χ0n) is 14.6. The number of rotatable bonds is 2. The van der Waals surface area contributed by atoms with Gasteiger partial charge < -0.3 is 10.2 Å². The van der Waals surface area contributed by atoms with E-state index in [9.17, 15) is 10.2 Å².